The summed E-state index contributed by atoms with van der Waals surface area (Å²) >= 11 is 3.41. The zero-order valence-electron chi connectivity index (χ0n) is 12.6. The maximum atomic E-state index is 12.5. The van der Waals surface area contributed by atoms with Crippen LogP contribution in [0.3, 0.4) is 0 Å². The number of likely N-dealkylation sites (tertiary alicyclic amines) is 1. The van der Waals surface area contributed by atoms with Crippen molar-refractivity contribution >= 4 is 34.2 Å². The molecule has 0 bridgehead atoms. The summed E-state index contributed by atoms with van der Waals surface area (Å²) in [4.78, 5) is 14.4. The molecule has 7 heteroatoms. The number of carbonyl (C=O) groups excluding carboxylic acids is 1. The summed E-state index contributed by atoms with van der Waals surface area (Å²) in [5.74, 6) is 0.00583. The van der Waals surface area contributed by atoms with E-state index < -0.39 is 6.04 Å². The van der Waals surface area contributed by atoms with Gasteiger partial charge in [0.1, 0.15) is 6.04 Å². The van der Waals surface area contributed by atoms with Gasteiger partial charge in [0.25, 0.3) is 0 Å². The number of hydrogen-bond acceptors (Lipinski definition) is 3. The van der Waals surface area contributed by atoms with E-state index in [2.05, 4.69) is 21.0 Å². The maximum Gasteiger partial charge on any atom is 0.244 e. The highest BCUT2D eigenvalue weighted by atomic mass is 79.9. The van der Waals surface area contributed by atoms with Crippen molar-refractivity contribution < 1.29 is 4.79 Å². The van der Waals surface area contributed by atoms with Crippen molar-refractivity contribution in [3.63, 3.8) is 0 Å². The number of hydrogen-bond donors (Lipinski definition) is 1. The van der Waals surface area contributed by atoms with E-state index >= 15 is 0 Å². The lowest BCUT2D eigenvalue weighted by molar-refractivity contribution is -0.134. The molecule has 1 aromatic carbocycles. The van der Waals surface area contributed by atoms with Crippen molar-refractivity contribution in [3.8, 4) is 0 Å². The van der Waals surface area contributed by atoms with Crippen LogP contribution < -0.4 is 5.73 Å². The minimum Gasteiger partial charge on any atom is -0.341 e. The smallest absolute Gasteiger partial charge is 0.244 e. The predicted octanol–water partition coefficient (Wildman–Crippen LogP) is 2.93. The Labute approximate surface area is 150 Å². The third-order valence-corrected chi connectivity index (χ3v) is 4.55. The number of halogens is 2. The molecule has 5 nitrogen and oxygen atoms in total. The van der Waals surface area contributed by atoms with E-state index in [-0.39, 0.29) is 18.3 Å². The van der Waals surface area contributed by atoms with E-state index in [0.717, 1.165) is 36.0 Å². The van der Waals surface area contributed by atoms with E-state index in [1.165, 1.54) is 0 Å². The largest absolute Gasteiger partial charge is 0.341 e. The molecule has 1 amide bonds. The van der Waals surface area contributed by atoms with Gasteiger partial charge in [0, 0.05) is 19.3 Å². The van der Waals surface area contributed by atoms with Gasteiger partial charge < -0.3 is 10.6 Å². The molecule has 1 unspecified atom stereocenters. The second kappa shape index (κ2) is 7.95. The Kier molecular flexibility index (Phi) is 6.21. The first kappa shape index (κ1) is 18.0. The zero-order valence-corrected chi connectivity index (χ0v) is 15.0. The number of nitrogens with two attached hydrogens (primary N) is 1. The Morgan fingerprint density at radius 1 is 1.26 bits per heavy atom. The molecule has 1 fully saturated rings. The highest BCUT2D eigenvalue weighted by Gasteiger charge is 2.27. The Morgan fingerprint density at radius 2 is 1.91 bits per heavy atom. The van der Waals surface area contributed by atoms with Crippen LogP contribution in [0.5, 0.6) is 0 Å². The quantitative estimate of drug-likeness (QED) is 0.863. The minimum absolute atomic E-state index is 0. The molecule has 1 aromatic heterocycles. The maximum absolute atomic E-state index is 12.5. The van der Waals surface area contributed by atoms with Crippen molar-refractivity contribution in [2.45, 2.75) is 24.9 Å². The summed E-state index contributed by atoms with van der Waals surface area (Å²) in [5, 5.41) is 4.33. The van der Waals surface area contributed by atoms with Crippen LogP contribution in [0.15, 0.2) is 47.2 Å². The molecular weight excluding hydrogens is 380 g/mol. The normalized spacial score (nSPS) is 16.7. The molecule has 0 saturated carbocycles. The molecule has 1 aliphatic rings. The number of rotatable bonds is 3. The fraction of sp³-hybridized carbons (Fsp3) is 0.375. The second-order valence-electron chi connectivity index (χ2n) is 5.58. The van der Waals surface area contributed by atoms with E-state index in [4.69, 9.17) is 5.73 Å². The standard InChI is InChI=1S/C16H19BrN4O.ClH/c17-13-10-19-21(11-13)14-6-8-20(9-7-14)16(22)15(18)12-4-2-1-3-5-12;/h1-5,10-11,14-15H,6-9,18H2;1H. The van der Waals surface area contributed by atoms with E-state index in [9.17, 15) is 4.79 Å². The van der Waals surface area contributed by atoms with Gasteiger partial charge in [0.2, 0.25) is 5.91 Å². The SMILES string of the molecule is Cl.NC(C(=O)N1CCC(n2cc(Br)cn2)CC1)c1ccccc1. The Bertz CT molecular complexity index is 641. The van der Waals surface area contributed by atoms with Crippen LogP contribution >= 0.6 is 28.3 Å². The molecule has 2 heterocycles. The zero-order chi connectivity index (χ0) is 15.5. The highest BCUT2D eigenvalue weighted by molar-refractivity contribution is 9.10. The Hall–Kier alpha value is -1.37. The van der Waals surface area contributed by atoms with Crippen LogP contribution in [0.4, 0.5) is 0 Å². The topological polar surface area (TPSA) is 64.2 Å². The molecule has 2 aromatic rings. The summed E-state index contributed by atoms with van der Waals surface area (Å²) in [7, 11) is 0. The van der Waals surface area contributed by atoms with E-state index in [1.54, 1.807) is 6.20 Å². The third kappa shape index (κ3) is 4.13. The first-order chi connectivity index (χ1) is 10.6. The average Bonchev–Trinajstić information content (AvgIpc) is 3.01. The molecule has 1 saturated heterocycles. The Morgan fingerprint density at radius 3 is 2.48 bits per heavy atom. The summed E-state index contributed by atoms with van der Waals surface area (Å²) in [6.45, 7) is 1.45. The number of benzene rings is 1. The van der Waals surface area contributed by atoms with Crippen LogP contribution in [0.2, 0.25) is 0 Å². The van der Waals surface area contributed by atoms with Crippen molar-refractivity contribution in [2.24, 2.45) is 5.73 Å². The van der Waals surface area contributed by atoms with Crippen LogP contribution in [0.25, 0.3) is 0 Å². The van der Waals surface area contributed by atoms with Gasteiger partial charge in [-0.1, -0.05) is 30.3 Å². The lowest BCUT2D eigenvalue weighted by Crippen LogP contribution is -2.43. The first-order valence-corrected chi connectivity index (χ1v) is 8.23. The predicted molar refractivity (Wildman–Crippen MR) is 95.4 cm³/mol. The van der Waals surface area contributed by atoms with Gasteiger partial charge in [-0.25, -0.2) is 0 Å². The van der Waals surface area contributed by atoms with E-state index in [0.29, 0.717) is 6.04 Å². The van der Waals surface area contributed by atoms with Crippen LogP contribution in [0.1, 0.15) is 30.5 Å². The van der Waals surface area contributed by atoms with Crippen molar-refractivity contribution in [1.82, 2.24) is 14.7 Å². The van der Waals surface area contributed by atoms with Crippen molar-refractivity contribution in [3.05, 3.63) is 52.8 Å². The van der Waals surface area contributed by atoms with Gasteiger partial charge in [-0.05, 0) is 34.3 Å². The molecule has 0 radical (unpaired) electrons. The van der Waals surface area contributed by atoms with Gasteiger partial charge in [0.05, 0.1) is 16.7 Å². The summed E-state index contributed by atoms with van der Waals surface area (Å²) < 4.78 is 2.96. The summed E-state index contributed by atoms with van der Waals surface area (Å²) in [5.41, 5.74) is 6.97. The number of amides is 1. The molecule has 2 N–H and O–H groups in total. The number of carbonyl (C=O) groups is 1. The molecule has 1 atom stereocenters. The molecular formula is C16H20BrClN4O. The molecule has 124 valence electrons. The summed E-state index contributed by atoms with van der Waals surface area (Å²) in [6, 6.07) is 9.32. The van der Waals surface area contributed by atoms with Gasteiger partial charge >= 0.3 is 0 Å². The Balaban J connectivity index is 0.00000192. The van der Waals surface area contributed by atoms with E-state index in [1.807, 2.05) is 46.1 Å². The second-order valence-corrected chi connectivity index (χ2v) is 6.50. The van der Waals surface area contributed by atoms with Crippen molar-refractivity contribution in [2.75, 3.05) is 13.1 Å². The van der Waals surface area contributed by atoms with Crippen LogP contribution in [-0.4, -0.2) is 33.7 Å². The summed E-state index contributed by atoms with van der Waals surface area (Å²) in [6.07, 6.45) is 5.59. The van der Waals surface area contributed by atoms with Gasteiger partial charge in [-0.3, -0.25) is 9.48 Å². The third-order valence-electron chi connectivity index (χ3n) is 4.15. The molecule has 23 heavy (non-hydrogen) atoms. The monoisotopic (exact) mass is 398 g/mol. The van der Waals surface area contributed by atoms with Crippen LogP contribution in [-0.2, 0) is 4.79 Å². The van der Waals surface area contributed by atoms with Gasteiger partial charge in [0.15, 0.2) is 0 Å². The molecule has 1 aliphatic heterocycles. The minimum atomic E-state index is -0.573. The molecule has 3 rings (SSSR count). The highest BCUT2D eigenvalue weighted by Crippen LogP contribution is 2.25. The average molecular weight is 400 g/mol. The fourth-order valence-corrected chi connectivity index (χ4v) is 3.17. The fourth-order valence-electron chi connectivity index (χ4n) is 2.86. The van der Waals surface area contributed by atoms with Crippen molar-refractivity contribution in [1.29, 1.82) is 0 Å². The number of aromatic nitrogens is 2. The lowest BCUT2D eigenvalue weighted by Gasteiger charge is -2.33. The molecule has 0 spiro atoms. The number of nitrogens with zero attached hydrogens (tertiary/aromatic N) is 3. The molecule has 0 aliphatic carbocycles. The van der Waals surface area contributed by atoms with Gasteiger partial charge in [-0.2, -0.15) is 5.10 Å². The van der Waals surface area contributed by atoms with Gasteiger partial charge in [-0.15, -0.1) is 12.4 Å². The first-order valence-electron chi connectivity index (χ1n) is 7.44. The lowest BCUT2D eigenvalue weighted by atomic mass is 10.0. The number of piperidine rings is 1. The van der Waals surface area contributed by atoms with Crippen LogP contribution in [0, 0.1) is 0 Å².